The fraction of sp³-hybridized carbons (Fsp3) is 0.400. The number of hydrogen-bond donors (Lipinski definition) is 1. The normalized spacial score (nSPS) is 11.6. The van der Waals surface area contributed by atoms with Crippen molar-refractivity contribution in [2.75, 3.05) is 6.54 Å². The monoisotopic (exact) mass is 325 g/mol. The second-order valence-electron chi connectivity index (χ2n) is 5.17. The van der Waals surface area contributed by atoms with Crippen LogP contribution in [0.5, 0.6) is 0 Å². The minimum Gasteiger partial charge on any atom is -0.444 e. The van der Waals surface area contributed by atoms with Crippen molar-refractivity contribution in [3.8, 4) is 0 Å². The number of nitrogens with one attached hydrogen (secondary N) is 1. The maximum Gasteiger partial charge on any atom is 0.407 e. The third kappa shape index (κ3) is 7.67. The Kier molecular flexibility index (Phi) is 6.09. The Morgan fingerprint density at radius 2 is 1.95 bits per heavy atom. The molecule has 1 amide bonds. The number of rotatable bonds is 4. The van der Waals surface area contributed by atoms with E-state index in [9.17, 15) is 4.79 Å². The highest BCUT2D eigenvalue weighted by Crippen LogP contribution is 2.11. The van der Waals surface area contributed by atoms with E-state index < -0.39 is 5.60 Å². The molecule has 19 heavy (non-hydrogen) atoms. The van der Waals surface area contributed by atoms with Crippen molar-refractivity contribution >= 4 is 28.1 Å². The number of alkyl carbamates (subject to hydrolysis) is 1. The van der Waals surface area contributed by atoms with E-state index in [-0.39, 0.29) is 6.09 Å². The van der Waals surface area contributed by atoms with E-state index >= 15 is 0 Å². The van der Waals surface area contributed by atoms with E-state index in [4.69, 9.17) is 4.74 Å². The number of benzene rings is 1. The zero-order valence-electron chi connectivity index (χ0n) is 11.6. The number of hydrogen-bond acceptors (Lipinski definition) is 2. The number of carbonyl (C=O) groups excluding carboxylic acids is 1. The molecule has 0 heterocycles. The molecule has 0 saturated carbocycles. The first-order chi connectivity index (χ1) is 8.87. The average Bonchev–Trinajstić information content (AvgIpc) is 2.29. The summed E-state index contributed by atoms with van der Waals surface area (Å²) >= 11 is 3.39. The van der Waals surface area contributed by atoms with Gasteiger partial charge in [-0.15, -0.1) is 0 Å². The summed E-state index contributed by atoms with van der Waals surface area (Å²) in [5.74, 6) is 0. The Bertz CT molecular complexity index is 432. The zero-order valence-corrected chi connectivity index (χ0v) is 13.2. The summed E-state index contributed by atoms with van der Waals surface area (Å²) in [5, 5.41) is 2.71. The second-order valence-corrected chi connectivity index (χ2v) is 6.09. The largest absolute Gasteiger partial charge is 0.444 e. The molecule has 4 heteroatoms. The van der Waals surface area contributed by atoms with Crippen LogP contribution in [0.2, 0.25) is 0 Å². The van der Waals surface area contributed by atoms with Crippen molar-refractivity contribution < 1.29 is 9.53 Å². The van der Waals surface area contributed by atoms with Gasteiger partial charge in [0.25, 0.3) is 0 Å². The SMILES string of the molecule is CC(C)(C)OC(=O)NCC/C=C/c1ccc(Br)cc1. The molecule has 104 valence electrons. The van der Waals surface area contributed by atoms with Crippen LogP contribution in [-0.4, -0.2) is 18.2 Å². The Labute approximate surface area is 123 Å². The van der Waals surface area contributed by atoms with Crippen LogP contribution in [0, 0.1) is 0 Å². The van der Waals surface area contributed by atoms with E-state index in [1.165, 1.54) is 0 Å². The number of amides is 1. The molecular formula is C15H20BrNO2. The smallest absolute Gasteiger partial charge is 0.407 e. The van der Waals surface area contributed by atoms with E-state index in [2.05, 4.69) is 21.2 Å². The number of carbonyl (C=O) groups is 1. The van der Waals surface area contributed by atoms with Gasteiger partial charge in [-0.3, -0.25) is 0 Å². The molecule has 0 aliphatic heterocycles. The molecule has 1 rings (SSSR count). The quantitative estimate of drug-likeness (QED) is 0.834. The lowest BCUT2D eigenvalue weighted by Crippen LogP contribution is -2.32. The summed E-state index contributed by atoms with van der Waals surface area (Å²) in [7, 11) is 0. The van der Waals surface area contributed by atoms with Gasteiger partial charge in [0, 0.05) is 11.0 Å². The molecule has 0 aromatic heterocycles. The highest BCUT2D eigenvalue weighted by molar-refractivity contribution is 9.10. The first-order valence-corrected chi connectivity index (χ1v) is 7.05. The van der Waals surface area contributed by atoms with Gasteiger partial charge in [0.15, 0.2) is 0 Å². The second kappa shape index (κ2) is 7.34. The van der Waals surface area contributed by atoms with Crippen LogP contribution in [0.3, 0.4) is 0 Å². The first kappa shape index (κ1) is 15.8. The molecule has 1 aromatic carbocycles. The van der Waals surface area contributed by atoms with Crippen LogP contribution in [-0.2, 0) is 4.74 Å². The van der Waals surface area contributed by atoms with Crippen molar-refractivity contribution in [1.29, 1.82) is 0 Å². The third-order valence-corrected chi connectivity index (χ3v) is 2.69. The fourth-order valence-corrected chi connectivity index (χ4v) is 1.63. The maximum absolute atomic E-state index is 11.4. The standard InChI is InChI=1S/C15H20BrNO2/c1-15(2,3)19-14(18)17-11-5-4-6-12-7-9-13(16)10-8-12/h4,6-10H,5,11H2,1-3H3,(H,17,18)/b6-4+. The molecule has 1 N–H and O–H groups in total. The van der Waals surface area contributed by atoms with E-state index in [0.717, 1.165) is 16.5 Å². The van der Waals surface area contributed by atoms with Gasteiger partial charge in [-0.25, -0.2) is 4.79 Å². The zero-order chi connectivity index (χ0) is 14.3. The first-order valence-electron chi connectivity index (χ1n) is 6.26. The van der Waals surface area contributed by atoms with Crippen LogP contribution < -0.4 is 5.32 Å². The lowest BCUT2D eigenvalue weighted by atomic mass is 10.2. The van der Waals surface area contributed by atoms with Crippen LogP contribution >= 0.6 is 15.9 Å². The van der Waals surface area contributed by atoms with Gasteiger partial charge in [0.2, 0.25) is 0 Å². The Hall–Kier alpha value is -1.29. The highest BCUT2D eigenvalue weighted by atomic mass is 79.9. The van der Waals surface area contributed by atoms with Crippen LogP contribution in [0.15, 0.2) is 34.8 Å². The highest BCUT2D eigenvalue weighted by Gasteiger charge is 2.14. The minimum absolute atomic E-state index is 0.371. The van der Waals surface area contributed by atoms with Crippen molar-refractivity contribution in [2.24, 2.45) is 0 Å². The van der Waals surface area contributed by atoms with Crippen LogP contribution in [0.25, 0.3) is 6.08 Å². The molecule has 0 atom stereocenters. The molecule has 0 radical (unpaired) electrons. The third-order valence-electron chi connectivity index (χ3n) is 2.16. The summed E-state index contributed by atoms with van der Waals surface area (Å²) in [4.78, 5) is 11.4. The van der Waals surface area contributed by atoms with Crippen LogP contribution in [0.4, 0.5) is 4.79 Å². The summed E-state index contributed by atoms with van der Waals surface area (Å²) in [5.41, 5.74) is 0.692. The average molecular weight is 326 g/mol. The Morgan fingerprint density at radius 3 is 2.53 bits per heavy atom. The summed E-state index contributed by atoms with van der Waals surface area (Å²) in [6, 6.07) is 8.06. The minimum atomic E-state index is -0.447. The molecule has 0 aliphatic rings. The molecule has 0 spiro atoms. The van der Waals surface area contributed by atoms with Crippen molar-refractivity contribution in [3.63, 3.8) is 0 Å². The van der Waals surface area contributed by atoms with Gasteiger partial charge in [0.05, 0.1) is 0 Å². The number of halogens is 1. The van der Waals surface area contributed by atoms with Crippen molar-refractivity contribution in [2.45, 2.75) is 32.8 Å². The summed E-state index contributed by atoms with van der Waals surface area (Å²) in [6.45, 7) is 6.11. The maximum atomic E-state index is 11.4. The Balaban J connectivity index is 2.24. The van der Waals surface area contributed by atoms with Gasteiger partial charge < -0.3 is 10.1 Å². The molecular weight excluding hydrogens is 306 g/mol. The molecule has 0 fully saturated rings. The van der Waals surface area contributed by atoms with Gasteiger partial charge in [-0.2, -0.15) is 0 Å². The van der Waals surface area contributed by atoms with Gasteiger partial charge >= 0.3 is 6.09 Å². The van der Waals surface area contributed by atoms with Gasteiger partial charge in [-0.05, 0) is 44.9 Å². The molecule has 1 aromatic rings. The number of ether oxygens (including phenoxy) is 1. The molecule has 3 nitrogen and oxygen atoms in total. The van der Waals surface area contributed by atoms with E-state index in [1.54, 1.807) is 0 Å². The predicted molar refractivity (Wildman–Crippen MR) is 82.0 cm³/mol. The fourth-order valence-electron chi connectivity index (χ4n) is 1.37. The lowest BCUT2D eigenvalue weighted by Gasteiger charge is -2.19. The van der Waals surface area contributed by atoms with Gasteiger partial charge in [0.1, 0.15) is 5.60 Å². The Morgan fingerprint density at radius 1 is 1.32 bits per heavy atom. The lowest BCUT2D eigenvalue weighted by molar-refractivity contribution is 0.0529. The van der Waals surface area contributed by atoms with Crippen molar-refractivity contribution in [1.82, 2.24) is 5.32 Å². The predicted octanol–water partition coefficient (Wildman–Crippen LogP) is 4.38. The van der Waals surface area contributed by atoms with Crippen LogP contribution in [0.1, 0.15) is 32.8 Å². The summed E-state index contributed by atoms with van der Waals surface area (Å²) in [6.07, 6.45) is 4.46. The topological polar surface area (TPSA) is 38.3 Å². The molecule has 0 bridgehead atoms. The molecule has 0 aliphatic carbocycles. The summed E-state index contributed by atoms with van der Waals surface area (Å²) < 4.78 is 6.20. The molecule has 0 unspecified atom stereocenters. The van der Waals surface area contributed by atoms with Crippen molar-refractivity contribution in [3.05, 3.63) is 40.4 Å². The molecule has 0 saturated heterocycles. The van der Waals surface area contributed by atoms with Gasteiger partial charge in [-0.1, -0.05) is 40.2 Å². The van der Waals surface area contributed by atoms with E-state index in [1.807, 2.05) is 57.2 Å². The van der Waals surface area contributed by atoms with E-state index in [0.29, 0.717) is 6.54 Å².